The van der Waals surface area contributed by atoms with Gasteiger partial charge in [-0.3, -0.25) is 9.52 Å². The van der Waals surface area contributed by atoms with Gasteiger partial charge in [-0.1, -0.05) is 12.1 Å². The van der Waals surface area contributed by atoms with Crippen molar-refractivity contribution in [2.24, 2.45) is 5.14 Å². The maximum absolute atomic E-state index is 12.4. The second kappa shape index (κ2) is 7.21. The summed E-state index contributed by atoms with van der Waals surface area (Å²) in [6, 6.07) is 11.6. The molecule has 0 saturated heterocycles. The van der Waals surface area contributed by atoms with Crippen molar-refractivity contribution in [1.29, 1.82) is 0 Å². The zero-order valence-electron chi connectivity index (χ0n) is 13.3. The molecular weight excluding hydrogens is 366 g/mol. The lowest BCUT2D eigenvalue weighted by molar-refractivity contribution is -0.114. The van der Waals surface area contributed by atoms with Crippen molar-refractivity contribution >= 4 is 37.3 Å². The van der Waals surface area contributed by atoms with E-state index in [9.17, 15) is 21.6 Å². The van der Waals surface area contributed by atoms with Crippen molar-refractivity contribution in [3.63, 3.8) is 0 Å². The first kappa shape index (κ1) is 18.9. The van der Waals surface area contributed by atoms with Crippen LogP contribution in [0.15, 0.2) is 53.4 Å². The Kier molecular flexibility index (Phi) is 5.45. The molecule has 0 heterocycles. The lowest BCUT2D eigenvalue weighted by Gasteiger charge is -2.10. The Balaban J connectivity index is 2.21. The van der Waals surface area contributed by atoms with Gasteiger partial charge in [-0.25, -0.2) is 22.0 Å². The third-order valence-electron chi connectivity index (χ3n) is 3.03. The van der Waals surface area contributed by atoms with Crippen LogP contribution in [0.2, 0.25) is 0 Å². The molecule has 0 unspecified atom stereocenters. The van der Waals surface area contributed by atoms with Crippen molar-refractivity contribution in [1.82, 2.24) is 0 Å². The lowest BCUT2D eigenvalue weighted by Crippen LogP contribution is -2.15. The highest BCUT2D eigenvalue weighted by Crippen LogP contribution is 2.19. The molecule has 2 aromatic rings. The first-order valence-corrected chi connectivity index (χ1v) is 10.2. The summed E-state index contributed by atoms with van der Waals surface area (Å²) in [5, 5.41) is 7.53. The van der Waals surface area contributed by atoms with E-state index < -0.39 is 25.8 Å². The molecule has 8 nitrogen and oxygen atoms in total. The van der Waals surface area contributed by atoms with Crippen LogP contribution in [0, 0.1) is 0 Å². The SMILES string of the molecule is CC(=O)Nc1ccc(S(=O)(=O)Nc2cccc(CS(N)(=O)=O)c2)cc1. The summed E-state index contributed by atoms with van der Waals surface area (Å²) in [7, 11) is -7.58. The van der Waals surface area contributed by atoms with Gasteiger partial charge in [-0.15, -0.1) is 0 Å². The van der Waals surface area contributed by atoms with Gasteiger partial charge in [-0.05, 0) is 42.0 Å². The number of sulfonamides is 2. The van der Waals surface area contributed by atoms with E-state index in [-0.39, 0.29) is 16.5 Å². The minimum Gasteiger partial charge on any atom is -0.326 e. The molecule has 0 atom stereocenters. The summed E-state index contributed by atoms with van der Waals surface area (Å²) < 4.78 is 49.4. The summed E-state index contributed by atoms with van der Waals surface area (Å²) in [6.07, 6.45) is 0. The fourth-order valence-electron chi connectivity index (χ4n) is 2.09. The second-order valence-electron chi connectivity index (χ2n) is 5.32. The van der Waals surface area contributed by atoms with Crippen LogP contribution in [-0.2, 0) is 30.6 Å². The molecule has 0 aliphatic rings. The topological polar surface area (TPSA) is 135 Å². The van der Waals surface area contributed by atoms with Gasteiger partial charge in [0.15, 0.2) is 0 Å². The molecule has 1 amide bonds. The van der Waals surface area contributed by atoms with Gasteiger partial charge in [0.05, 0.1) is 10.6 Å². The maximum atomic E-state index is 12.4. The van der Waals surface area contributed by atoms with Gasteiger partial charge >= 0.3 is 0 Å². The van der Waals surface area contributed by atoms with Crippen LogP contribution in [0.25, 0.3) is 0 Å². The largest absolute Gasteiger partial charge is 0.326 e. The molecule has 0 spiro atoms. The van der Waals surface area contributed by atoms with E-state index in [0.717, 1.165) is 0 Å². The Bertz CT molecular complexity index is 984. The fourth-order valence-corrected chi connectivity index (χ4v) is 3.79. The van der Waals surface area contributed by atoms with E-state index in [1.54, 1.807) is 0 Å². The Morgan fingerprint density at radius 1 is 1.00 bits per heavy atom. The van der Waals surface area contributed by atoms with Gasteiger partial charge in [0.2, 0.25) is 15.9 Å². The highest BCUT2D eigenvalue weighted by atomic mass is 32.2. The first-order valence-electron chi connectivity index (χ1n) is 7.05. The number of benzene rings is 2. The fraction of sp³-hybridized carbons (Fsp3) is 0.133. The number of rotatable bonds is 6. The quantitative estimate of drug-likeness (QED) is 0.689. The minimum absolute atomic E-state index is 0.00143. The van der Waals surface area contributed by atoms with Crippen LogP contribution in [0.1, 0.15) is 12.5 Å². The molecule has 0 aliphatic carbocycles. The van der Waals surface area contributed by atoms with Gasteiger partial charge in [0.25, 0.3) is 10.0 Å². The van der Waals surface area contributed by atoms with Gasteiger partial charge in [-0.2, -0.15) is 0 Å². The predicted octanol–water partition coefficient (Wildman–Crippen LogP) is 1.23. The number of anilines is 2. The summed E-state index contributed by atoms with van der Waals surface area (Å²) in [5.74, 6) is -0.658. The van der Waals surface area contributed by atoms with Crippen LogP contribution < -0.4 is 15.2 Å². The standard InChI is InChI=1S/C15H17N3O5S2/c1-11(19)17-13-5-7-15(8-6-13)25(22,23)18-14-4-2-3-12(9-14)10-24(16,20)21/h2-9,18H,10H2,1H3,(H,17,19)(H2,16,20,21). The van der Waals surface area contributed by atoms with Crippen molar-refractivity contribution < 1.29 is 21.6 Å². The number of nitrogens with one attached hydrogen (secondary N) is 2. The average Bonchev–Trinajstić information content (AvgIpc) is 2.45. The van der Waals surface area contributed by atoms with E-state index in [2.05, 4.69) is 10.0 Å². The van der Waals surface area contributed by atoms with Crippen LogP contribution in [-0.4, -0.2) is 22.7 Å². The lowest BCUT2D eigenvalue weighted by atomic mass is 10.2. The van der Waals surface area contributed by atoms with Crippen LogP contribution in [0.4, 0.5) is 11.4 Å². The van der Waals surface area contributed by atoms with Crippen LogP contribution in [0.5, 0.6) is 0 Å². The van der Waals surface area contributed by atoms with Gasteiger partial charge in [0, 0.05) is 18.3 Å². The number of hydrogen-bond acceptors (Lipinski definition) is 5. The molecule has 0 saturated carbocycles. The number of primary sulfonamides is 1. The minimum atomic E-state index is -3.86. The first-order chi connectivity index (χ1) is 11.5. The molecule has 10 heteroatoms. The van der Waals surface area contributed by atoms with Crippen LogP contribution >= 0.6 is 0 Å². The van der Waals surface area contributed by atoms with Gasteiger partial charge < -0.3 is 5.32 Å². The zero-order valence-corrected chi connectivity index (χ0v) is 14.9. The van der Waals surface area contributed by atoms with Crippen molar-refractivity contribution in [3.05, 3.63) is 54.1 Å². The molecule has 4 N–H and O–H groups in total. The number of carbonyl (C=O) groups is 1. The summed E-state index contributed by atoms with van der Waals surface area (Å²) in [4.78, 5) is 11.0. The molecule has 0 aliphatic heterocycles. The third kappa shape index (κ3) is 5.85. The summed E-state index contributed by atoms with van der Waals surface area (Å²) in [6.45, 7) is 1.35. The monoisotopic (exact) mass is 383 g/mol. The van der Waals surface area contributed by atoms with Crippen molar-refractivity contribution in [3.8, 4) is 0 Å². The number of amides is 1. The second-order valence-corrected chi connectivity index (χ2v) is 8.62. The average molecular weight is 383 g/mol. The Morgan fingerprint density at radius 3 is 2.20 bits per heavy atom. The van der Waals surface area contributed by atoms with E-state index in [1.165, 1.54) is 55.5 Å². The molecule has 134 valence electrons. The molecule has 25 heavy (non-hydrogen) atoms. The molecule has 2 rings (SSSR count). The Morgan fingerprint density at radius 2 is 1.64 bits per heavy atom. The van der Waals surface area contributed by atoms with E-state index in [4.69, 9.17) is 5.14 Å². The Hall–Kier alpha value is -2.43. The molecule has 0 aromatic heterocycles. The maximum Gasteiger partial charge on any atom is 0.261 e. The van der Waals surface area contributed by atoms with Crippen LogP contribution in [0.3, 0.4) is 0 Å². The highest BCUT2D eigenvalue weighted by Gasteiger charge is 2.15. The number of hydrogen-bond donors (Lipinski definition) is 3. The number of nitrogens with two attached hydrogens (primary N) is 1. The summed E-state index contributed by atoms with van der Waals surface area (Å²) >= 11 is 0. The van der Waals surface area contributed by atoms with E-state index in [0.29, 0.717) is 11.3 Å². The van der Waals surface area contributed by atoms with Crippen molar-refractivity contribution in [2.45, 2.75) is 17.6 Å². The Labute approximate surface area is 146 Å². The molecule has 0 radical (unpaired) electrons. The molecule has 0 bridgehead atoms. The van der Waals surface area contributed by atoms with Gasteiger partial charge in [0.1, 0.15) is 0 Å². The normalized spacial score (nSPS) is 11.8. The summed E-state index contributed by atoms with van der Waals surface area (Å²) in [5.41, 5.74) is 1.05. The third-order valence-corrected chi connectivity index (χ3v) is 5.16. The predicted molar refractivity (Wildman–Crippen MR) is 94.8 cm³/mol. The van der Waals surface area contributed by atoms with E-state index >= 15 is 0 Å². The molecular formula is C15H17N3O5S2. The number of carbonyl (C=O) groups excluding carboxylic acids is 1. The smallest absolute Gasteiger partial charge is 0.261 e. The highest BCUT2D eigenvalue weighted by molar-refractivity contribution is 7.92. The van der Waals surface area contributed by atoms with Crippen molar-refractivity contribution in [2.75, 3.05) is 10.0 Å². The zero-order chi connectivity index (χ0) is 18.7. The van der Waals surface area contributed by atoms with E-state index in [1.807, 2.05) is 0 Å². The molecule has 0 fully saturated rings. The molecule has 2 aromatic carbocycles.